The molecular weight excluding hydrogens is 330 g/mol. The second kappa shape index (κ2) is 6.86. The van der Waals surface area contributed by atoms with E-state index in [1.54, 1.807) is 14.2 Å². The molecule has 26 heavy (non-hydrogen) atoms. The van der Waals surface area contributed by atoms with Crippen LogP contribution in [0.3, 0.4) is 0 Å². The molecule has 1 aliphatic carbocycles. The van der Waals surface area contributed by atoms with Crippen molar-refractivity contribution in [3.05, 3.63) is 29.8 Å². The molecule has 142 valence electrons. The van der Waals surface area contributed by atoms with Crippen LogP contribution in [0.1, 0.15) is 31.2 Å². The molecular formula is C21H29NO4. The van der Waals surface area contributed by atoms with Gasteiger partial charge in [-0.25, -0.2) is 0 Å². The Morgan fingerprint density at radius 2 is 1.85 bits per heavy atom. The third-order valence-corrected chi connectivity index (χ3v) is 6.76. The zero-order valence-corrected chi connectivity index (χ0v) is 15.8. The molecule has 0 aromatic heterocycles. The maximum absolute atomic E-state index is 13.5. The second-order valence-corrected chi connectivity index (χ2v) is 8.12. The normalized spacial score (nSPS) is 26.1. The SMILES string of the molecule is COC[C@@H]1CN(C(=O)C2(c3ccc(OC)cc3)CC2)CC12CCOCC2. The van der Waals surface area contributed by atoms with E-state index in [-0.39, 0.29) is 10.8 Å². The predicted octanol–water partition coefficient (Wildman–Crippen LogP) is 2.63. The molecule has 3 aliphatic rings. The van der Waals surface area contributed by atoms with Crippen molar-refractivity contribution in [1.29, 1.82) is 0 Å². The number of ether oxygens (including phenoxy) is 3. The molecule has 2 saturated heterocycles. The Kier molecular flexibility index (Phi) is 4.70. The van der Waals surface area contributed by atoms with E-state index < -0.39 is 0 Å². The van der Waals surface area contributed by atoms with E-state index in [4.69, 9.17) is 14.2 Å². The molecule has 0 radical (unpaired) electrons. The highest BCUT2D eigenvalue weighted by molar-refractivity contribution is 5.91. The number of benzene rings is 1. The standard InChI is InChI=1S/C21H29NO4/c1-24-14-17-13-22(15-20(17)9-11-26-12-10-20)19(23)21(7-8-21)16-3-5-18(25-2)6-4-16/h3-6,17H,7-15H2,1-2H3/t17-/m0/s1. The zero-order chi connectivity index (χ0) is 18.2. The molecule has 5 heteroatoms. The molecule has 1 spiro atoms. The largest absolute Gasteiger partial charge is 0.497 e. The van der Waals surface area contributed by atoms with Crippen LogP contribution in [-0.4, -0.2) is 57.9 Å². The van der Waals surface area contributed by atoms with Crippen molar-refractivity contribution in [2.24, 2.45) is 11.3 Å². The topological polar surface area (TPSA) is 48.0 Å². The predicted molar refractivity (Wildman–Crippen MR) is 98.3 cm³/mol. The van der Waals surface area contributed by atoms with Gasteiger partial charge in [-0.1, -0.05) is 12.1 Å². The summed E-state index contributed by atoms with van der Waals surface area (Å²) in [4.78, 5) is 15.6. The number of likely N-dealkylation sites (tertiary alicyclic amines) is 1. The lowest BCUT2D eigenvalue weighted by Gasteiger charge is -2.37. The van der Waals surface area contributed by atoms with Gasteiger partial charge in [0, 0.05) is 39.3 Å². The van der Waals surface area contributed by atoms with E-state index in [0.717, 1.165) is 69.9 Å². The molecule has 1 saturated carbocycles. The van der Waals surface area contributed by atoms with Crippen molar-refractivity contribution in [2.75, 3.05) is 47.1 Å². The van der Waals surface area contributed by atoms with Crippen molar-refractivity contribution in [2.45, 2.75) is 31.1 Å². The Balaban J connectivity index is 1.54. The monoisotopic (exact) mass is 359 g/mol. The van der Waals surface area contributed by atoms with Gasteiger partial charge in [-0.3, -0.25) is 4.79 Å². The fraction of sp³-hybridized carbons (Fsp3) is 0.667. The van der Waals surface area contributed by atoms with Gasteiger partial charge in [-0.2, -0.15) is 0 Å². The number of nitrogens with zero attached hydrogens (tertiary/aromatic N) is 1. The van der Waals surface area contributed by atoms with Crippen molar-refractivity contribution < 1.29 is 19.0 Å². The highest BCUT2D eigenvalue weighted by Crippen LogP contribution is 2.52. The second-order valence-electron chi connectivity index (χ2n) is 8.12. The summed E-state index contributed by atoms with van der Waals surface area (Å²) in [6.45, 7) is 3.97. The van der Waals surface area contributed by atoms with Gasteiger partial charge < -0.3 is 19.1 Å². The molecule has 2 heterocycles. The Morgan fingerprint density at radius 1 is 1.15 bits per heavy atom. The highest BCUT2D eigenvalue weighted by Gasteiger charge is 2.57. The quantitative estimate of drug-likeness (QED) is 0.811. The minimum Gasteiger partial charge on any atom is -0.497 e. The lowest BCUT2D eigenvalue weighted by atomic mass is 9.72. The van der Waals surface area contributed by atoms with Crippen molar-refractivity contribution in [3.8, 4) is 5.75 Å². The molecule has 2 aliphatic heterocycles. The van der Waals surface area contributed by atoms with Gasteiger partial charge in [0.2, 0.25) is 5.91 Å². The van der Waals surface area contributed by atoms with Crippen LogP contribution in [0, 0.1) is 11.3 Å². The number of methoxy groups -OCH3 is 2. The molecule has 5 nitrogen and oxygen atoms in total. The lowest BCUT2D eigenvalue weighted by Crippen LogP contribution is -2.41. The van der Waals surface area contributed by atoms with Crippen LogP contribution < -0.4 is 4.74 Å². The van der Waals surface area contributed by atoms with E-state index in [1.165, 1.54) is 0 Å². The van der Waals surface area contributed by atoms with Gasteiger partial charge in [0.15, 0.2) is 0 Å². The maximum atomic E-state index is 13.5. The molecule has 1 amide bonds. The van der Waals surface area contributed by atoms with Crippen LogP contribution in [0.15, 0.2) is 24.3 Å². The Hall–Kier alpha value is -1.59. The Bertz CT molecular complexity index is 646. The third kappa shape index (κ3) is 2.91. The number of amides is 1. The number of carbonyl (C=O) groups excluding carboxylic acids is 1. The average molecular weight is 359 g/mol. The first kappa shape index (κ1) is 17.8. The molecule has 1 aromatic rings. The molecule has 4 rings (SSSR count). The smallest absolute Gasteiger partial charge is 0.233 e. The summed E-state index contributed by atoms with van der Waals surface area (Å²) in [5.74, 6) is 1.54. The van der Waals surface area contributed by atoms with E-state index in [9.17, 15) is 4.79 Å². The minimum atomic E-state index is -0.319. The van der Waals surface area contributed by atoms with E-state index in [0.29, 0.717) is 11.8 Å². The van der Waals surface area contributed by atoms with Crippen LogP contribution >= 0.6 is 0 Å². The molecule has 1 aromatic carbocycles. The number of rotatable bonds is 5. The first-order valence-electron chi connectivity index (χ1n) is 9.64. The van der Waals surface area contributed by atoms with E-state index >= 15 is 0 Å². The van der Waals surface area contributed by atoms with E-state index in [1.807, 2.05) is 12.1 Å². The van der Waals surface area contributed by atoms with E-state index in [2.05, 4.69) is 17.0 Å². The average Bonchev–Trinajstić information content (AvgIpc) is 3.43. The zero-order valence-electron chi connectivity index (χ0n) is 15.8. The van der Waals surface area contributed by atoms with Crippen LogP contribution in [0.4, 0.5) is 0 Å². The fourth-order valence-electron chi connectivity index (χ4n) is 4.93. The maximum Gasteiger partial charge on any atom is 0.233 e. The fourth-order valence-corrected chi connectivity index (χ4v) is 4.93. The van der Waals surface area contributed by atoms with Crippen molar-refractivity contribution in [1.82, 2.24) is 4.90 Å². The summed E-state index contributed by atoms with van der Waals surface area (Å²) in [7, 11) is 3.43. The molecule has 0 bridgehead atoms. The van der Waals surface area contributed by atoms with Crippen LogP contribution in [0.2, 0.25) is 0 Å². The third-order valence-electron chi connectivity index (χ3n) is 6.76. The van der Waals surface area contributed by atoms with Crippen LogP contribution in [0.25, 0.3) is 0 Å². The summed E-state index contributed by atoms with van der Waals surface area (Å²) < 4.78 is 16.4. The van der Waals surface area contributed by atoms with Crippen molar-refractivity contribution in [3.63, 3.8) is 0 Å². The minimum absolute atomic E-state index is 0.167. The van der Waals surface area contributed by atoms with Gasteiger partial charge in [0.1, 0.15) is 5.75 Å². The summed E-state index contributed by atoms with van der Waals surface area (Å²) in [5, 5.41) is 0. The molecule has 3 fully saturated rings. The Morgan fingerprint density at radius 3 is 2.42 bits per heavy atom. The summed E-state index contributed by atoms with van der Waals surface area (Å²) >= 11 is 0. The van der Waals surface area contributed by atoms with Gasteiger partial charge in [0.25, 0.3) is 0 Å². The molecule has 0 N–H and O–H groups in total. The first-order chi connectivity index (χ1) is 12.6. The van der Waals surface area contributed by atoms with Crippen LogP contribution in [-0.2, 0) is 19.7 Å². The number of carbonyl (C=O) groups is 1. The number of hydrogen-bond acceptors (Lipinski definition) is 4. The summed E-state index contributed by atoms with van der Waals surface area (Å²) in [6, 6.07) is 8.02. The van der Waals surface area contributed by atoms with Gasteiger partial charge in [-0.15, -0.1) is 0 Å². The van der Waals surface area contributed by atoms with Gasteiger partial charge in [-0.05, 0) is 48.8 Å². The lowest BCUT2D eigenvalue weighted by molar-refractivity contribution is -0.133. The Labute approximate surface area is 155 Å². The van der Waals surface area contributed by atoms with Crippen molar-refractivity contribution >= 4 is 5.91 Å². The molecule has 1 atom stereocenters. The first-order valence-corrected chi connectivity index (χ1v) is 9.64. The highest BCUT2D eigenvalue weighted by atomic mass is 16.5. The van der Waals surface area contributed by atoms with Gasteiger partial charge >= 0.3 is 0 Å². The summed E-state index contributed by atoms with van der Waals surface area (Å²) in [5.41, 5.74) is 0.972. The summed E-state index contributed by atoms with van der Waals surface area (Å²) in [6.07, 6.45) is 3.94. The molecule has 0 unspecified atom stereocenters. The van der Waals surface area contributed by atoms with Gasteiger partial charge in [0.05, 0.1) is 19.1 Å². The number of hydrogen-bond donors (Lipinski definition) is 0. The van der Waals surface area contributed by atoms with Crippen LogP contribution in [0.5, 0.6) is 5.75 Å².